The van der Waals surface area contributed by atoms with Gasteiger partial charge in [0.1, 0.15) is 11.2 Å². The number of ether oxygens (including phenoxy) is 1. The number of pyridine rings is 1. The summed E-state index contributed by atoms with van der Waals surface area (Å²) in [4.78, 5) is 53.5. The maximum Gasteiger partial charge on any atom is 0.332 e. The number of hydrogen-bond donors (Lipinski definition) is 2. The summed E-state index contributed by atoms with van der Waals surface area (Å²) in [5.41, 5.74) is 4.53. The SMILES string of the molecule is COc1nc(-c2cccc(-c3cccc(Nc4nc(C(F)F)nc5c4c(=O)n(C)c(=O)n5C)c3C)c2Cl)cc2c1[C@H](N1CC[C@@]3(CCCC(=O)N3)C1)CC2. The van der Waals surface area contributed by atoms with Gasteiger partial charge in [-0.25, -0.2) is 28.5 Å². The molecule has 2 aliphatic heterocycles. The lowest BCUT2D eigenvalue weighted by atomic mass is 9.88. The lowest BCUT2D eigenvalue weighted by molar-refractivity contribution is -0.125. The molecule has 3 aromatic heterocycles. The third kappa shape index (κ3) is 5.91. The second-order valence-corrected chi connectivity index (χ2v) is 14.8. The molecule has 15 heteroatoms. The lowest BCUT2D eigenvalue weighted by Gasteiger charge is -2.35. The fraction of sp³-hybridized carbons (Fsp3) is 0.385. The Labute approximate surface area is 314 Å². The smallest absolute Gasteiger partial charge is 0.332 e. The highest BCUT2D eigenvalue weighted by Gasteiger charge is 2.45. The second-order valence-electron chi connectivity index (χ2n) is 14.5. The van der Waals surface area contributed by atoms with Gasteiger partial charge in [0, 0.05) is 62.0 Å². The predicted molar refractivity (Wildman–Crippen MR) is 202 cm³/mol. The van der Waals surface area contributed by atoms with Crippen LogP contribution in [0.5, 0.6) is 5.88 Å². The first-order valence-corrected chi connectivity index (χ1v) is 18.3. The normalized spacial score (nSPS) is 19.9. The number of fused-ring (bicyclic) bond motifs is 2. The number of hydrogen-bond acceptors (Lipinski definition) is 9. The molecule has 1 aliphatic carbocycles. The van der Waals surface area contributed by atoms with Gasteiger partial charge in [-0.2, -0.15) is 0 Å². The van der Waals surface area contributed by atoms with Crippen molar-refractivity contribution in [1.29, 1.82) is 0 Å². The van der Waals surface area contributed by atoms with Gasteiger partial charge in [0.05, 0.1) is 23.4 Å². The van der Waals surface area contributed by atoms with Crippen LogP contribution in [-0.2, 0) is 25.3 Å². The number of nitrogens with zero attached hydrogens (tertiary/aromatic N) is 6. The molecular formula is C39H39ClF2N8O4. The third-order valence-electron chi connectivity index (χ3n) is 11.3. The van der Waals surface area contributed by atoms with E-state index >= 15 is 0 Å². The van der Waals surface area contributed by atoms with Gasteiger partial charge in [-0.3, -0.25) is 23.6 Å². The quantitative estimate of drug-likeness (QED) is 0.201. The van der Waals surface area contributed by atoms with E-state index in [1.165, 1.54) is 14.1 Å². The van der Waals surface area contributed by atoms with E-state index in [9.17, 15) is 23.2 Å². The second kappa shape index (κ2) is 13.6. The van der Waals surface area contributed by atoms with Crippen molar-refractivity contribution in [1.82, 2.24) is 34.3 Å². The van der Waals surface area contributed by atoms with Crippen molar-refractivity contribution in [2.75, 3.05) is 25.5 Å². The monoisotopic (exact) mass is 756 g/mol. The van der Waals surface area contributed by atoms with E-state index in [-0.39, 0.29) is 34.3 Å². The Balaban J connectivity index is 1.14. The molecule has 5 heterocycles. The van der Waals surface area contributed by atoms with Crippen LogP contribution in [0.1, 0.15) is 67.1 Å². The molecule has 2 atom stereocenters. The van der Waals surface area contributed by atoms with Crippen LogP contribution in [0.2, 0.25) is 5.02 Å². The summed E-state index contributed by atoms with van der Waals surface area (Å²) >= 11 is 7.22. The van der Waals surface area contributed by atoms with E-state index in [2.05, 4.69) is 31.6 Å². The zero-order valence-corrected chi connectivity index (χ0v) is 31.1. The van der Waals surface area contributed by atoms with Crippen LogP contribution in [0.15, 0.2) is 52.1 Å². The van der Waals surface area contributed by atoms with Gasteiger partial charge in [0.25, 0.3) is 12.0 Å². The van der Waals surface area contributed by atoms with E-state index in [0.717, 1.165) is 71.0 Å². The Morgan fingerprint density at radius 1 is 1.00 bits per heavy atom. The molecule has 2 fully saturated rings. The van der Waals surface area contributed by atoms with Crippen LogP contribution in [-0.4, -0.2) is 60.6 Å². The molecule has 54 heavy (non-hydrogen) atoms. The fourth-order valence-corrected chi connectivity index (χ4v) is 8.84. The Bertz CT molecular complexity index is 2490. The highest BCUT2D eigenvalue weighted by atomic mass is 35.5. The van der Waals surface area contributed by atoms with Crippen LogP contribution in [0, 0.1) is 6.92 Å². The molecule has 2 saturated heterocycles. The molecule has 1 amide bonds. The summed E-state index contributed by atoms with van der Waals surface area (Å²) in [6.45, 7) is 3.56. The van der Waals surface area contributed by atoms with Gasteiger partial charge in [-0.05, 0) is 67.9 Å². The minimum absolute atomic E-state index is 0.0994. The number of likely N-dealkylation sites (tertiary alicyclic amines) is 1. The zero-order chi connectivity index (χ0) is 38.1. The summed E-state index contributed by atoms with van der Waals surface area (Å²) in [5.74, 6) is -0.262. The number of alkyl halides is 2. The molecule has 0 saturated carbocycles. The molecule has 0 bridgehead atoms. The molecule has 3 aliphatic rings. The number of methoxy groups -OCH3 is 1. The number of aryl methyl sites for hydroxylation is 2. The number of carbonyl (C=O) groups is 1. The summed E-state index contributed by atoms with van der Waals surface area (Å²) in [7, 11) is 4.30. The minimum atomic E-state index is -3.04. The van der Waals surface area contributed by atoms with Crippen molar-refractivity contribution in [2.24, 2.45) is 14.1 Å². The number of rotatable bonds is 7. The number of amides is 1. The first kappa shape index (κ1) is 35.8. The highest BCUT2D eigenvalue weighted by Crippen LogP contribution is 2.47. The lowest BCUT2D eigenvalue weighted by Crippen LogP contribution is -2.53. The molecule has 12 nitrogen and oxygen atoms in total. The topological polar surface area (TPSA) is 136 Å². The molecule has 2 N–H and O–H groups in total. The maximum atomic E-state index is 13.9. The van der Waals surface area contributed by atoms with Crippen LogP contribution < -0.4 is 26.6 Å². The van der Waals surface area contributed by atoms with Gasteiger partial charge in [-0.15, -0.1) is 0 Å². The predicted octanol–water partition coefficient (Wildman–Crippen LogP) is 6.14. The average Bonchev–Trinajstić information content (AvgIpc) is 3.77. The number of aromatic nitrogens is 5. The van der Waals surface area contributed by atoms with Gasteiger partial charge in [0.2, 0.25) is 11.8 Å². The molecule has 5 aromatic rings. The maximum absolute atomic E-state index is 13.9. The Morgan fingerprint density at radius 3 is 2.52 bits per heavy atom. The first-order valence-electron chi connectivity index (χ1n) is 17.9. The largest absolute Gasteiger partial charge is 0.481 e. The minimum Gasteiger partial charge on any atom is -0.481 e. The van der Waals surface area contributed by atoms with E-state index in [1.54, 1.807) is 19.2 Å². The number of halogens is 3. The van der Waals surface area contributed by atoms with Crippen molar-refractivity contribution in [3.8, 4) is 28.3 Å². The van der Waals surface area contributed by atoms with Crippen LogP contribution in [0.4, 0.5) is 20.3 Å². The van der Waals surface area contributed by atoms with Crippen molar-refractivity contribution in [3.05, 3.63) is 90.8 Å². The standard InChI is InChI=1S/C39H39ClF2N8O4/c1-20-22(8-6-11-25(20)43-33-30-35(46-34(45-33)32(41)42)48(2)38(53)49(3)37(30)52)23-9-5-10-24(31(23)40)26-18-21-13-14-27(29(21)36(44-26)54-4)50-17-16-39(19-50)15-7-12-28(51)47-39/h5-6,8-11,18,27,32H,7,12-17,19H2,1-4H3,(H,47,51)(H,43,45,46)/t27-,39+/m1/s1. The molecule has 8 rings (SSSR count). The Kier molecular flexibility index (Phi) is 9.00. The van der Waals surface area contributed by atoms with Crippen LogP contribution in [0.25, 0.3) is 33.4 Å². The number of nitrogens with one attached hydrogen (secondary N) is 2. The first-order chi connectivity index (χ1) is 25.9. The average molecular weight is 757 g/mol. The van der Waals surface area contributed by atoms with Crippen molar-refractivity contribution < 1.29 is 18.3 Å². The summed E-state index contributed by atoms with van der Waals surface area (Å²) in [6.07, 6.45) is 2.18. The van der Waals surface area contributed by atoms with Gasteiger partial charge in [0.15, 0.2) is 11.5 Å². The molecule has 0 unspecified atom stereocenters. The summed E-state index contributed by atoms with van der Waals surface area (Å²) in [6, 6.07) is 13.4. The summed E-state index contributed by atoms with van der Waals surface area (Å²) < 4.78 is 35.7. The Hall–Kier alpha value is -5.21. The van der Waals surface area contributed by atoms with Gasteiger partial charge < -0.3 is 15.4 Å². The van der Waals surface area contributed by atoms with E-state index in [1.807, 2.05) is 31.2 Å². The van der Waals surface area contributed by atoms with Crippen molar-refractivity contribution in [2.45, 2.75) is 63.5 Å². The van der Waals surface area contributed by atoms with Crippen molar-refractivity contribution in [3.63, 3.8) is 0 Å². The summed E-state index contributed by atoms with van der Waals surface area (Å²) in [5, 5.41) is 6.74. The molecule has 2 aromatic carbocycles. The Morgan fingerprint density at radius 2 is 1.76 bits per heavy atom. The molecule has 280 valence electrons. The number of benzene rings is 2. The van der Waals surface area contributed by atoms with E-state index < -0.39 is 23.5 Å². The number of piperidine rings is 1. The zero-order valence-electron chi connectivity index (χ0n) is 30.3. The van der Waals surface area contributed by atoms with Crippen LogP contribution >= 0.6 is 11.6 Å². The molecular weight excluding hydrogens is 718 g/mol. The highest BCUT2D eigenvalue weighted by molar-refractivity contribution is 6.36. The van der Waals surface area contributed by atoms with E-state index in [4.69, 9.17) is 21.3 Å². The molecule has 0 radical (unpaired) electrons. The molecule has 1 spiro atoms. The van der Waals surface area contributed by atoms with Gasteiger partial charge in [-0.1, -0.05) is 41.9 Å². The van der Waals surface area contributed by atoms with Gasteiger partial charge >= 0.3 is 5.69 Å². The van der Waals surface area contributed by atoms with Crippen LogP contribution in [0.3, 0.4) is 0 Å². The fourth-order valence-electron chi connectivity index (χ4n) is 8.52. The number of anilines is 2. The van der Waals surface area contributed by atoms with Crippen molar-refractivity contribution >= 4 is 40.0 Å². The van der Waals surface area contributed by atoms with E-state index in [0.29, 0.717) is 45.4 Å². The third-order valence-corrected chi connectivity index (χ3v) is 11.7. The number of carbonyl (C=O) groups excluding carboxylic acids is 1.